The monoisotopic (exact) mass is 878 g/mol. The van der Waals surface area contributed by atoms with Crippen molar-refractivity contribution in [2.75, 3.05) is 0 Å². The molecule has 8 aromatic rings. The zero-order valence-corrected chi connectivity index (χ0v) is 34.2. The van der Waals surface area contributed by atoms with Crippen LogP contribution in [0.4, 0.5) is 0 Å². The number of aryl methyl sites for hydroxylation is 2. The molecule has 4 nitrogen and oxygen atoms in total. The zero-order valence-electron chi connectivity index (χ0n) is 31.0. The van der Waals surface area contributed by atoms with Crippen LogP contribution in [0.5, 0.6) is 0 Å². The van der Waals surface area contributed by atoms with Crippen molar-refractivity contribution < 1.29 is 24.5 Å². The van der Waals surface area contributed by atoms with Crippen molar-refractivity contribution in [3.8, 4) is 33.6 Å². The van der Waals surface area contributed by atoms with Gasteiger partial charge in [-0.2, -0.15) is 0 Å². The van der Waals surface area contributed by atoms with Crippen LogP contribution in [0.3, 0.4) is 0 Å². The van der Waals surface area contributed by atoms with E-state index >= 15 is 0 Å². The molecule has 4 aromatic carbocycles. The van der Waals surface area contributed by atoms with Gasteiger partial charge in [0.05, 0.1) is 20.8 Å². The third-order valence-corrected chi connectivity index (χ3v) is 10.4. The molecule has 0 amide bonds. The zero-order chi connectivity index (χ0) is 35.9. The van der Waals surface area contributed by atoms with Crippen LogP contribution in [0.1, 0.15) is 63.2 Å². The molecule has 0 unspecified atom stereocenters. The Morgan fingerprint density at radius 2 is 1.52 bits per heavy atom. The van der Waals surface area contributed by atoms with E-state index in [9.17, 15) is 0 Å². The van der Waals surface area contributed by atoms with E-state index in [0.29, 0.717) is 0 Å². The Hall–Kier alpha value is -4.48. The van der Waals surface area contributed by atoms with Crippen molar-refractivity contribution in [1.82, 2.24) is 15.0 Å². The summed E-state index contributed by atoms with van der Waals surface area (Å²) < 4.78 is 7.72. The van der Waals surface area contributed by atoms with Crippen molar-refractivity contribution in [2.24, 2.45) is 5.41 Å². The van der Waals surface area contributed by atoms with Crippen LogP contribution in [-0.2, 0) is 31.9 Å². The second-order valence-corrected chi connectivity index (χ2v) is 16.5. The number of hydrogen-bond donors (Lipinski definition) is 0. The summed E-state index contributed by atoms with van der Waals surface area (Å²) in [4.78, 5) is 14.1. The van der Waals surface area contributed by atoms with Crippen LogP contribution < -0.4 is 0 Å². The number of pyridine rings is 2. The van der Waals surface area contributed by atoms with Crippen LogP contribution in [-0.4, -0.2) is 15.0 Å². The fourth-order valence-corrected chi connectivity index (χ4v) is 7.61. The minimum atomic E-state index is 0. The molecule has 0 saturated heterocycles. The molecule has 0 saturated carbocycles. The van der Waals surface area contributed by atoms with Gasteiger partial charge in [-0.05, 0) is 71.5 Å². The van der Waals surface area contributed by atoms with Gasteiger partial charge < -0.3 is 14.4 Å². The maximum Gasteiger partial charge on any atom is 0.123 e. The number of thiazole rings is 1. The van der Waals surface area contributed by atoms with Crippen LogP contribution in [0.25, 0.3) is 65.8 Å². The summed E-state index contributed by atoms with van der Waals surface area (Å²) in [6.45, 7) is 17.9. The molecule has 0 fully saturated rings. The number of aromatic nitrogens is 3. The maximum atomic E-state index is 6.53. The summed E-state index contributed by atoms with van der Waals surface area (Å²) in [6.07, 6.45) is 4.78. The molecule has 0 aliphatic carbocycles. The second kappa shape index (κ2) is 14.9. The molecule has 265 valence electrons. The predicted octanol–water partition coefficient (Wildman–Crippen LogP) is 12.8. The third kappa shape index (κ3) is 7.80. The predicted molar refractivity (Wildman–Crippen MR) is 214 cm³/mol. The van der Waals surface area contributed by atoms with Gasteiger partial charge >= 0.3 is 0 Å². The van der Waals surface area contributed by atoms with Crippen molar-refractivity contribution in [3.63, 3.8) is 0 Å². The van der Waals surface area contributed by atoms with Gasteiger partial charge in [0.1, 0.15) is 5.58 Å². The fourth-order valence-electron chi connectivity index (χ4n) is 6.56. The van der Waals surface area contributed by atoms with Gasteiger partial charge in [-0.3, -0.25) is 0 Å². The molecule has 4 aromatic heterocycles. The van der Waals surface area contributed by atoms with Crippen LogP contribution in [0.2, 0.25) is 0 Å². The Bertz CT molecular complexity index is 2430. The van der Waals surface area contributed by atoms with Gasteiger partial charge in [0.25, 0.3) is 0 Å². The van der Waals surface area contributed by atoms with Crippen LogP contribution in [0.15, 0.2) is 108 Å². The van der Waals surface area contributed by atoms with Gasteiger partial charge in [-0.15, -0.1) is 65.4 Å². The van der Waals surface area contributed by atoms with Crippen molar-refractivity contribution in [2.45, 2.75) is 67.2 Å². The summed E-state index contributed by atoms with van der Waals surface area (Å²) in [5, 5.41) is 3.34. The van der Waals surface area contributed by atoms with E-state index in [0.717, 1.165) is 61.4 Å². The number of benzene rings is 4. The fraction of sp³-hybridized carbons (Fsp3) is 0.239. The Morgan fingerprint density at radius 1 is 0.750 bits per heavy atom. The minimum absolute atomic E-state index is 0. The molecular formula is C46H43IrN3OS-2. The standard InChI is InChI=1S/C35H35N2OS.C11H8N.Ir/c1-20-11-9-12-21(2)31(20)26-19-36-27(15-22(26)18-34(3,4)5)24-14-10-13-23-25-16-30-28(17-29(25)38-32(23)24)37-33(39-30)35(6,7)8;1-2-6-10(7-3-1)11-8-4-5-9-12-11;/h9-13,15-17,19H,18H2,1-8H3;1-6,8-9H;/q2*-1;. The number of furan rings is 1. The van der Waals surface area contributed by atoms with Gasteiger partial charge in [0.15, 0.2) is 0 Å². The molecule has 4 heterocycles. The van der Waals surface area contributed by atoms with E-state index in [4.69, 9.17) is 14.4 Å². The molecule has 6 heteroatoms. The Balaban J connectivity index is 0.000000302. The molecule has 0 N–H and O–H groups in total. The van der Waals surface area contributed by atoms with Crippen molar-refractivity contribution in [1.29, 1.82) is 0 Å². The van der Waals surface area contributed by atoms with E-state index in [2.05, 4.69) is 121 Å². The number of rotatable bonds is 4. The van der Waals surface area contributed by atoms with Gasteiger partial charge in [0.2, 0.25) is 0 Å². The molecule has 0 aliphatic rings. The molecule has 0 spiro atoms. The van der Waals surface area contributed by atoms with Crippen LogP contribution in [0, 0.1) is 31.4 Å². The first-order valence-electron chi connectivity index (χ1n) is 17.5. The van der Waals surface area contributed by atoms with Gasteiger partial charge in [-0.1, -0.05) is 88.9 Å². The summed E-state index contributed by atoms with van der Waals surface area (Å²) in [5.74, 6) is 0. The van der Waals surface area contributed by atoms with E-state index in [1.165, 1.54) is 32.5 Å². The molecule has 8 rings (SSSR count). The van der Waals surface area contributed by atoms with Crippen molar-refractivity contribution in [3.05, 3.63) is 137 Å². The van der Waals surface area contributed by atoms with Gasteiger partial charge in [0, 0.05) is 54.9 Å². The second-order valence-electron chi connectivity index (χ2n) is 15.5. The first-order chi connectivity index (χ1) is 24.4. The van der Waals surface area contributed by atoms with E-state index in [-0.39, 0.29) is 30.9 Å². The largest absolute Gasteiger partial charge is 0.501 e. The number of nitrogens with zero attached hydrogens (tertiary/aromatic N) is 3. The SMILES string of the molecule is Cc1cccc(C)c1-c1cnc(-c2[c-]ccc3c2oc2cc4nc(C(C)(C)C)sc4cc23)cc1CC(C)(C)C.[Ir].[c-]1ccccc1-c1ccccn1. The average molecular weight is 878 g/mol. The summed E-state index contributed by atoms with van der Waals surface area (Å²) in [6, 6.07) is 37.4. The molecule has 52 heavy (non-hydrogen) atoms. The summed E-state index contributed by atoms with van der Waals surface area (Å²) >= 11 is 1.77. The third-order valence-electron chi connectivity index (χ3n) is 8.95. The summed E-state index contributed by atoms with van der Waals surface area (Å²) in [5.41, 5.74) is 13.0. The maximum absolute atomic E-state index is 6.53. The number of fused-ring (bicyclic) bond motifs is 4. The van der Waals surface area contributed by atoms with E-state index in [1.54, 1.807) is 17.5 Å². The topological polar surface area (TPSA) is 51.8 Å². The van der Waals surface area contributed by atoms with Gasteiger partial charge in [-0.25, -0.2) is 4.98 Å². The smallest absolute Gasteiger partial charge is 0.123 e. The average Bonchev–Trinajstić information content (AvgIpc) is 3.69. The molecule has 0 aliphatic heterocycles. The number of hydrogen-bond acceptors (Lipinski definition) is 5. The first kappa shape index (κ1) is 37.3. The molecule has 0 bridgehead atoms. The van der Waals surface area contributed by atoms with E-state index in [1.807, 2.05) is 48.5 Å². The Kier molecular flexibility index (Phi) is 10.7. The first-order valence-corrected chi connectivity index (χ1v) is 18.3. The Morgan fingerprint density at radius 3 is 2.19 bits per heavy atom. The van der Waals surface area contributed by atoms with Crippen LogP contribution >= 0.6 is 11.3 Å². The molecule has 0 atom stereocenters. The quantitative estimate of drug-likeness (QED) is 0.165. The summed E-state index contributed by atoms with van der Waals surface area (Å²) in [7, 11) is 0. The minimum Gasteiger partial charge on any atom is -0.501 e. The molecule has 1 radical (unpaired) electrons. The van der Waals surface area contributed by atoms with E-state index < -0.39 is 0 Å². The Labute approximate surface area is 324 Å². The normalized spacial score (nSPS) is 11.8. The van der Waals surface area contributed by atoms with Crippen molar-refractivity contribution >= 4 is 43.5 Å². The molecular weight excluding hydrogens is 835 g/mol.